The van der Waals surface area contributed by atoms with Gasteiger partial charge in [0.1, 0.15) is 0 Å². The number of nitrogens with zero attached hydrogens (tertiary/aromatic N) is 2. The Balaban J connectivity index is 0.00000147. The number of hydrogen-bond acceptors (Lipinski definition) is 4. The molecule has 3 rings (SSSR count). The predicted molar refractivity (Wildman–Crippen MR) is 81.1 cm³/mol. The lowest BCUT2D eigenvalue weighted by atomic mass is 9.99. The van der Waals surface area contributed by atoms with Gasteiger partial charge in [-0.1, -0.05) is 35.7 Å². The quantitative estimate of drug-likeness (QED) is 0.914. The van der Waals surface area contributed by atoms with Crippen molar-refractivity contribution >= 4 is 24.0 Å². The highest BCUT2D eigenvalue weighted by Gasteiger charge is 2.36. The Morgan fingerprint density at radius 2 is 2.00 bits per heavy atom. The second kappa shape index (κ2) is 5.72. The molecule has 1 aromatic heterocycles. The van der Waals surface area contributed by atoms with Crippen molar-refractivity contribution in [2.24, 2.45) is 5.73 Å². The number of aryl methyl sites for hydroxylation is 1. The van der Waals surface area contributed by atoms with Gasteiger partial charge < -0.3 is 10.3 Å². The van der Waals surface area contributed by atoms with Gasteiger partial charge in [-0.2, -0.15) is 4.98 Å². The minimum Gasteiger partial charge on any atom is -0.334 e. The maximum atomic E-state index is 6.31. The van der Waals surface area contributed by atoms with Crippen molar-refractivity contribution in [3.63, 3.8) is 0 Å². The van der Waals surface area contributed by atoms with Gasteiger partial charge in [0.05, 0.1) is 5.54 Å². The van der Waals surface area contributed by atoms with Gasteiger partial charge in [-0.05, 0) is 37.5 Å². The third-order valence-corrected chi connectivity index (χ3v) is 4.19. The van der Waals surface area contributed by atoms with Gasteiger partial charge in [-0.15, -0.1) is 12.4 Å². The molecule has 0 unspecified atom stereocenters. The molecule has 0 radical (unpaired) electrons. The summed E-state index contributed by atoms with van der Waals surface area (Å²) in [5, 5.41) is 4.74. The molecule has 0 aliphatic heterocycles. The maximum absolute atomic E-state index is 6.31. The molecule has 1 fully saturated rings. The van der Waals surface area contributed by atoms with E-state index < -0.39 is 5.54 Å². The van der Waals surface area contributed by atoms with E-state index in [2.05, 4.69) is 10.1 Å². The molecule has 0 amide bonds. The van der Waals surface area contributed by atoms with Gasteiger partial charge in [0.2, 0.25) is 0 Å². The number of halogens is 2. The molecule has 2 N–H and O–H groups in total. The lowest BCUT2D eigenvalue weighted by Gasteiger charge is -2.17. The van der Waals surface area contributed by atoms with Crippen LogP contribution in [0.4, 0.5) is 0 Å². The molecule has 1 aromatic carbocycles. The Bertz CT molecular complexity index is 606. The van der Waals surface area contributed by atoms with E-state index in [1.165, 1.54) is 0 Å². The van der Waals surface area contributed by atoms with Crippen molar-refractivity contribution < 1.29 is 4.52 Å². The van der Waals surface area contributed by atoms with Crippen LogP contribution >= 0.6 is 24.0 Å². The topological polar surface area (TPSA) is 64.9 Å². The molecule has 20 heavy (non-hydrogen) atoms. The van der Waals surface area contributed by atoms with Gasteiger partial charge in [0.15, 0.2) is 5.82 Å². The van der Waals surface area contributed by atoms with E-state index in [0.29, 0.717) is 16.7 Å². The van der Waals surface area contributed by atoms with Crippen LogP contribution in [0.3, 0.4) is 0 Å². The average molecular weight is 314 g/mol. The van der Waals surface area contributed by atoms with Crippen molar-refractivity contribution in [1.29, 1.82) is 0 Å². The summed E-state index contributed by atoms with van der Waals surface area (Å²) in [5.41, 5.74) is 7.75. The number of rotatable bonds is 2. The van der Waals surface area contributed by atoms with E-state index in [-0.39, 0.29) is 12.4 Å². The molecule has 1 aliphatic rings. The second-order valence-electron chi connectivity index (χ2n) is 5.25. The number of aromatic nitrogens is 2. The van der Waals surface area contributed by atoms with Crippen LogP contribution in [0.25, 0.3) is 11.5 Å². The van der Waals surface area contributed by atoms with Crippen molar-refractivity contribution in [3.05, 3.63) is 34.6 Å². The van der Waals surface area contributed by atoms with Crippen LogP contribution in [0.15, 0.2) is 22.7 Å². The van der Waals surface area contributed by atoms with E-state index in [9.17, 15) is 0 Å². The van der Waals surface area contributed by atoms with E-state index in [4.69, 9.17) is 21.9 Å². The van der Waals surface area contributed by atoms with E-state index in [0.717, 1.165) is 36.8 Å². The molecule has 1 saturated carbocycles. The third kappa shape index (κ3) is 2.68. The molecule has 4 nitrogen and oxygen atoms in total. The van der Waals surface area contributed by atoms with E-state index in [1.54, 1.807) is 0 Å². The van der Waals surface area contributed by atoms with E-state index >= 15 is 0 Å². The highest BCUT2D eigenvalue weighted by Crippen LogP contribution is 2.35. The highest BCUT2D eigenvalue weighted by molar-refractivity contribution is 6.31. The number of nitrogens with two attached hydrogens (primary N) is 1. The lowest BCUT2D eigenvalue weighted by molar-refractivity contribution is 0.372. The fourth-order valence-electron chi connectivity index (χ4n) is 2.50. The summed E-state index contributed by atoms with van der Waals surface area (Å²) in [5.74, 6) is 1.09. The largest absolute Gasteiger partial charge is 0.334 e. The minimum atomic E-state index is -0.420. The summed E-state index contributed by atoms with van der Waals surface area (Å²) in [6.45, 7) is 1.96. The van der Waals surface area contributed by atoms with Gasteiger partial charge in [-0.3, -0.25) is 0 Å². The normalized spacial score (nSPS) is 16.9. The summed E-state index contributed by atoms with van der Waals surface area (Å²) in [4.78, 5) is 4.44. The number of benzene rings is 1. The first-order valence-electron chi connectivity index (χ1n) is 6.48. The average Bonchev–Trinajstić information content (AvgIpc) is 3.02. The Labute approximate surface area is 129 Å². The molecule has 108 valence electrons. The third-order valence-electron chi connectivity index (χ3n) is 3.79. The molecular formula is C14H17Cl2N3O. The minimum absolute atomic E-state index is 0. The standard InChI is InChI=1S/C14H16ClN3O.ClH/c1-9-4-5-10(8-11(9)15)12-17-13(18-19-12)14(16)6-2-3-7-14;/h4-5,8H,2-3,6-7,16H2,1H3;1H. The zero-order valence-corrected chi connectivity index (χ0v) is 12.8. The van der Waals surface area contributed by atoms with Crippen LogP contribution in [0, 0.1) is 6.92 Å². The molecule has 6 heteroatoms. The van der Waals surface area contributed by atoms with Crippen LogP contribution in [-0.2, 0) is 5.54 Å². The first kappa shape index (κ1) is 15.3. The fraction of sp³-hybridized carbons (Fsp3) is 0.429. The molecule has 0 saturated heterocycles. The van der Waals surface area contributed by atoms with Crippen molar-refractivity contribution in [2.75, 3.05) is 0 Å². The monoisotopic (exact) mass is 313 g/mol. The summed E-state index contributed by atoms with van der Waals surface area (Å²) in [7, 11) is 0. The van der Waals surface area contributed by atoms with Gasteiger partial charge >= 0.3 is 0 Å². The second-order valence-corrected chi connectivity index (χ2v) is 5.66. The van der Waals surface area contributed by atoms with Crippen molar-refractivity contribution in [2.45, 2.75) is 38.1 Å². The molecular weight excluding hydrogens is 297 g/mol. The SMILES string of the molecule is Cc1ccc(-c2nc(C3(N)CCCC3)no2)cc1Cl.Cl. The summed E-state index contributed by atoms with van der Waals surface area (Å²) in [6.07, 6.45) is 4.08. The van der Waals surface area contributed by atoms with Gasteiger partial charge in [0.25, 0.3) is 5.89 Å². The van der Waals surface area contributed by atoms with Crippen LogP contribution in [0.2, 0.25) is 5.02 Å². The van der Waals surface area contributed by atoms with Crippen LogP contribution < -0.4 is 5.73 Å². The maximum Gasteiger partial charge on any atom is 0.258 e. The van der Waals surface area contributed by atoms with Gasteiger partial charge in [0, 0.05) is 10.6 Å². The Kier molecular flexibility index (Phi) is 4.37. The Morgan fingerprint density at radius 1 is 1.30 bits per heavy atom. The first-order chi connectivity index (χ1) is 9.08. The van der Waals surface area contributed by atoms with Gasteiger partial charge in [-0.25, -0.2) is 0 Å². The molecule has 0 spiro atoms. The van der Waals surface area contributed by atoms with Crippen LogP contribution in [-0.4, -0.2) is 10.1 Å². The summed E-state index contributed by atoms with van der Waals surface area (Å²) in [6, 6.07) is 5.71. The van der Waals surface area contributed by atoms with E-state index in [1.807, 2.05) is 25.1 Å². The Hall–Kier alpha value is -1.10. The molecule has 0 atom stereocenters. The predicted octanol–water partition coefficient (Wildman–Crippen LogP) is 3.85. The van der Waals surface area contributed by atoms with Crippen LogP contribution in [0.5, 0.6) is 0 Å². The first-order valence-corrected chi connectivity index (χ1v) is 6.86. The molecule has 1 aliphatic carbocycles. The Morgan fingerprint density at radius 3 is 2.65 bits per heavy atom. The summed E-state index contributed by atoms with van der Waals surface area (Å²) >= 11 is 6.11. The zero-order chi connectivity index (χ0) is 13.5. The number of hydrogen-bond donors (Lipinski definition) is 1. The zero-order valence-electron chi connectivity index (χ0n) is 11.2. The molecule has 2 aromatic rings. The molecule has 0 bridgehead atoms. The lowest BCUT2D eigenvalue weighted by Crippen LogP contribution is -2.34. The highest BCUT2D eigenvalue weighted by atomic mass is 35.5. The smallest absolute Gasteiger partial charge is 0.258 e. The van der Waals surface area contributed by atoms with Crippen molar-refractivity contribution in [3.8, 4) is 11.5 Å². The molecule has 1 heterocycles. The van der Waals surface area contributed by atoms with Crippen LogP contribution in [0.1, 0.15) is 37.1 Å². The van der Waals surface area contributed by atoms with Crippen molar-refractivity contribution in [1.82, 2.24) is 10.1 Å². The fourth-order valence-corrected chi connectivity index (χ4v) is 2.68. The summed E-state index contributed by atoms with van der Waals surface area (Å²) < 4.78 is 5.32.